The topological polar surface area (TPSA) is 81.9 Å². The van der Waals surface area contributed by atoms with Crippen LogP contribution in [0.3, 0.4) is 0 Å². The molecule has 32 heavy (non-hydrogen) atoms. The first-order chi connectivity index (χ1) is 15.3. The first kappa shape index (κ1) is 21.0. The number of alkyl halides is 3. The summed E-state index contributed by atoms with van der Waals surface area (Å²) in [6.45, 7) is 0. The normalized spacial score (nSPS) is 11.2. The van der Waals surface area contributed by atoms with Gasteiger partial charge in [-0.15, -0.1) is 15.0 Å². The van der Waals surface area contributed by atoms with Gasteiger partial charge in [-0.05, 0) is 65.9 Å². The van der Waals surface area contributed by atoms with Crippen molar-refractivity contribution in [1.29, 1.82) is 0 Å². The quantitative estimate of drug-likeness (QED) is 0.491. The molecule has 0 bridgehead atoms. The van der Waals surface area contributed by atoms with E-state index in [0.29, 0.717) is 28.5 Å². The van der Waals surface area contributed by atoms with Crippen molar-refractivity contribution >= 4 is 11.6 Å². The third-order valence-corrected chi connectivity index (χ3v) is 4.57. The average molecular weight is 439 g/mol. The number of hydrogen-bond acceptors (Lipinski definition) is 5. The lowest BCUT2D eigenvalue weighted by Gasteiger charge is -2.09. The van der Waals surface area contributed by atoms with Crippen molar-refractivity contribution < 1.29 is 22.7 Å². The van der Waals surface area contributed by atoms with Crippen LogP contribution < -0.4 is 10.1 Å². The van der Waals surface area contributed by atoms with Crippen molar-refractivity contribution in [1.82, 2.24) is 20.2 Å². The molecule has 10 heteroatoms. The Morgan fingerprint density at radius 2 is 1.72 bits per heavy atom. The number of anilines is 1. The Morgan fingerprint density at radius 1 is 1.00 bits per heavy atom. The van der Waals surface area contributed by atoms with Crippen molar-refractivity contribution in [3.63, 3.8) is 0 Å². The van der Waals surface area contributed by atoms with Crippen LogP contribution >= 0.6 is 0 Å². The molecule has 0 atom stereocenters. The number of halogens is 3. The smallest absolute Gasteiger partial charge is 0.416 e. The van der Waals surface area contributed by atoms with Crippen LogP contribution in [-0.2, 0) is 6.18 Å². The second-order valence-electron chi connectivity index (χ2n) is 6.71. The molecule has 0 unspecified atom stereocenters. The van der Waals surface area contributed by atoms with Gasteiger partial charge in [-0.25, -0.2) is 0 Å². The van der Waals surface area contributed by atoms with E-state index in [4.69, 9.17) is 4.74 Å². The minimum absolute atomic E-state index is 0.104. The molecule has 1 aromatic heterocycles. The maximum Gasteiger partial charge on any atom is 0.416 e. The van der Waals surface area contributed by atoms with Crippen LogP contribution in [0.15, 0.2) is 72.8 Å². The van der Waals surface area contributed by atoms with Gasteiger partial charge in [0, 0.05) is 16.8 Å². The van der Waals surface area contributed by atoms with Gasteiger partial charge in [-0.1, -0.05) is 12.1 Å². The molecule has 0 fully saturated rings. The van der Waals surface area contributed by atoms with Crippen LogP contribution in [0, 0.1) is 0 Å². The molecule has 0 spiro atoms. The second kappa shape index (κ2) is 8.50. The molecule has 3 aromatic carbocycles. The molecule has 1 N–H and O–H groups in total. The van der Waals surface area contributed by atoms with Gasteiger partial charge in [0.05, 0.1) is 18.4 Å². The molecule has 0 radical (unpaired) electrons. The Morgan fingerprint density at radius 3 is 2.38 bits per heavy atom. The Kier molecular flexibility index (Phi) is 5.59. The van der Waals surface area contributed by atoms with Crippen molar-refractivity contribution in [2.75, 3.05) is 12.4 Å². The lowest BCUT2D eigenvalue weighted by molar-refractivity contribution is -0.137. The summed E-state index contributed by atoms with van der Waals surface area (Å²) >= 11 is 0. The summed E-state index contributed by atoms with van der Waals surface area (Å²) in [5.74, 6) is 0.503. The molecular weight excluding hydrogens is 423 g/mol. The van der Waals surface area contributed by atoms with Crippen LogP contribution in [0.5, 0.6) is 5.75 Å². The molecule has 7 nitrogen and oxygen atoms in total. The number of benzene rings is 3. The minimum Gasteiger partial charge on any atom is -0.497 e. The Balaban J connectivity index is 1.50. The van der Waals surface area contributed by atoms with E-state index < -0.39 is 17.6 Å². The monoisotopic (exact) mass is 439 g/mol. The van der Waals surface area contributed by atoms with Gasteiger partial charge < -0.3 is 10.1 Å². The van der Waals surface area contributed by atoms with Crippen molar-refractivity contribution in [2.24, 2.45) is 0 Å². The molecular formula is C22H16F3N5O2. The molecule has 0 saturated carbocycles. The van der Waals surface area contributed by atoms with Crippen molar-refractivity contribution in [2.45, 2.75) is 6.18 Å². The number of aromatic nitrogens is 4. The molecule has 162 valence electrons. The molecule has 0 aliphatic carbocycles. The number of rotatable bonds is 5. The van der Waals surface area contributed by atoms with Crippen LogP contribution in [0.1, 0.15) is 15.9 Å². The third-order valence-electron chi connectivity index (χ3n) is 4.57. The number of ether oxygens (including phenoxy) is 1. The average Bonchev–Trinajstić information content (AvgIpc) is 3.29. The number of methoxy groups -OCH3 is 1. The van der Waals surface area contributed by atoms with Gasteiger partial charge in [0.25, 0.3) is 5.91 Å². The summed E-state index contributed by atoms with van der Waals surface area (Å²) in [4.78, 5) is 13.8. The maximum atomic E-state index is 12.7. The zero-order valence-corrected chi connectivity index (χ0v) is 16.7. The van der Waals surface area contributed by atoms with E-state index in [0.717, 1.165) is 24.3 Å². The van der Waals surface area contributed by atoms with Gasteiger partial charge in [-0.2, -0.15) is 13.2 Å². The van der Waals surface area contributed by atoms with Crippen LogP contribution in [0.2, 0.25) is 0 Å². The first-order valence-electron chi connectivity index (χ1n) is 9.37. The highest BCUT2D eigenvalue weighted by Gasteiger charge is 2.30. The number of carbonyl (C=O) groups excluding carboxylic acids is 1. The van der Waals surface area contributed by atoms with E-state index in [1.807, 2.05) is 0 Å². The summed E-state index contributed by atoms with van der Waals surface area (Å²) in [5.41, 5.74) is 1.02. The Labute approximate surface area is 180 Å². The number of amides is 1. The van der Waals surface area contributed by atoms with Gasteiger partial charge >= 0.3 is 6.18 Å². The lowest BCUT2D eigenvalue weighted by Crippen LogP contribution is -2.13. The van der Waals surface area contributed by atoms with Crippen molar-refractivity contribution in [3.8, 4) is 22.8 Å². The molecule has 0 aliphatic rings. The summed E-state index contributed by atoms with van der Waals surface area (Å²) in [6.07, 6.45) is -4.46. The standard InChI is InChI=1S/C22H16F3N5O2/c1-32-19-11-9-18(10-12-19)30-28-20(27-29-30)15-3-2-4-17(13-15)26-21(31)14-5-7-16(8-6-14)22(23,24)25/h2-13H,1H3,(H,26,31). The molecule has 0 aliphatic heterocycles. The highest BCUT2D eigenvalue weighted by atomic mass is 19.4. The Bertz CT molecular complexity index is 1240. The van der Waals surface area contributed by atoms with E-state index >= 15 is 0 Å². The number of nitrogens with zero attached hydrogens (tertiary/aromatic N) is 4. The number of tetrazole rings is 1. The first-order valence-corrected chi connectivity index (χ1v) is 9.37. The highest BCUT2D eigenvalue weighted by Crippen LogP contribution is 2.29. The van der Waals surface area contributed by atoms with E-state index in [-0.39, 0.29) is 5.56 Å². The van der Waals surface area contributed by atoms with Gasteiger partial charge in [-0.3, -0.25) is 4.79 Å². The van der Waals surface area contributed by atoms with Crippen LogP contribution in [-0.4, -0.2) is 33.2 Å². The summed E-state index contributed by atoms with van der Waals surface area (Å²) in [6, 6.07) is 17.9. The largest absolute Gasteiger partial charge is 0.497 e. The Hall–Kier alpha value is -4.21. The third kappa shape index (κ3) is 4.59. The van der Waals surface area contributed by atoms with Gasteiger partial charge in [0.15, 0.2) is 0 Å². The number of hydrogen-bond donors (Lipinski definition) is 1. The second-order valence-corrected chi connectivity index (χ2v) is 6.71. The van der Waals surface area contributed by atoms with Crippen molar-refractivity contribution in [3.05, 3.63) is 83.9 Å². The van der Waals surface area contributed by atoms with E-state index in [9.17, 15) is 18.0 Å². The predicted molar refractivity (Wildman–Crippen MR) is 111 cm³/mol. The fourth-order valence-electron chi connectivity index (χ4n) is 2.90. The summed E-state index contributed by atoms with van der Waals surface area (Å²) in [5, 5.41) is 15.1. The highest BCUT2D eigenvalue weighted by molar-refractivity contribution is 6.04. The fraction of sp³-hybridized carbons (Fsp3) is 0.0909. The van der Waals surface area contributed by atoms with Crippen LogP contribution in [0.25, 0.3) is 17.1 Å². The van der Waals surface area contributed by atoms with E-state index in [1.165, 1.54) is 4.80 Å². The van der Waals surface area contributed by atoms with Gasteiger partial charge in [0.1, 0.15) is 5.75 Å². The zero-order chi connectivity index (χ0) is 22.7. The predicted octanol–water partition coefficient (Wildman–Crippen LogP) is 4.61. The summed E-state index contributed by atoms with van der Waals surface area (Å²) < 4.78 is 43.2. The number of nitrogens with one attached hydrogen (secondary N) is 1. The zero-order valence-electron chi connectivity index (χ0n) is 16.7. The van der Waals surface area contributed by atoms with Gasteiger partial charge in [0.2, 0.25) is 5.82 Å². The molecule has 1 heterocycles. The molecule has 4 rings (SSSR count). The molecule has 4 aromatic rings. The molecule has 1 amide bonds. The fourth-order valence-corrected chi connectivity index (χ4v) is 2.90. The summed E-state index contributed by atoms with van der Waals surface area (Å²) in [7, 11) is 1.57. The SMILES string of the molecule is COc1ccc(-n2nnc(-c3cccc(NC(=O)c4ccc(C(F)(F)F)cc4)c3)n2)cc1. The number of carbonyl (C=O) groups is 1. The van der Waals surface area contributed by atoms with E-state index in [1.54, 1.807) is 55.6 Å². The maximum absolute atomic E-state index is 12.7. The minimum atomic E-state index is -4.46. The molecule has 0 saturated heterocycles. The van der Waals surface area contributed by atoms with Crippen LogP contribution in [0.4, 0.5) is 18.9 Å². The van der Waals surface area contributed by atoms with E-state index in [2.05, 4.69) is 20.7 Å². The lowest BCUT2D eigenvalue weighted by atomic mass is 10.1.